The molecule has 0 atom stereocenters. The molecule has 0 aliphatic carbocycles. The van der Waals surface area contributed by atoms with Gasteiger partial charge in [-0.25, -0.2) is 0 Å². The molecule has 102 valence electrons. The van der Waals surface area contributed by atoms with Gasteiger partial charge >= 0.3 is 0 Å². The summed E-state index contributed by atoms with van der Waals surface area (Å²) in [5, 5.41) is 6.50. The normalized spacial score (nSPS) is 9.74. The first-order valence-corrected chi connectivity index (χ1v) is 5.64. The first-order valence-electron chi connectivity index (χ1n) is 5.64. The van der Waals surface area contributed by atoms with Gasteiger partial charge in [0.2, 0.25) is 17.6 Å². The van der Waals surface area contributed by atoms with E-state index in [0.29, 0.717) is 24.7 Å². The van der Waals surface area contributed by atoms with Gasteiger partial charge in [-0.15, -0.1) is 12.4 Å². The SMILES string of the molecule is Cl.NCCC(=O)NCc1nc(-c2ccccc2)no1. The van der Waals surface area contributed by atoms with Crippen molar-refractivity contribution in [2.45, 2.75) is 13.0 Å². The molecule has 2 rings (SSSR count). The minimum Gasteiger partial charge on any atom is -0.347 e. The van der Waals surface area contributed by atoms with E-state index in [1.165, 1.54) is 0 Å². The van der Waals surface area contributed by atoms with E-state index in [1.54, 1.807) is 0 Å². The standard InChI is InChI=1S/C12H14N4O2.ClH/c13-7-6-10(17)14-8-11-15-12(16-18-11)9-4-2-1-3-5-9;/h1-5H,6-8,13H2,(H,14,17);1H. The molecule has 19 heavy (non-hydrogen) atoms. The molecule has 1 aromatic heterocycles. The van der Waals surface area contributed by atoms with Crippen LogP contribution in [0.25, 0.3) is 11.4 Å². The summed E-state index contributed by atoms with van der Waals surface area (Å²) in [7, 11) is 0. The monoisotopic (exact) mass is 282 g/mol. The molecule has 1 amide bonds. The number of nitrogens with two attached hydrogens (primary N) is 1. The maximum atomic E-state index is 11.2. The summed E-state index contributed by atoms with van der Waals surface area (Å²) in [4.78, 5) is 15.4. The van der Waals surface area contributed by atoms with E-state index in [2.05, 4.69) is 15.5 Å². The van der Waals surface area contributed by atoms with Crippen molar-refractivity contribution < 1.29 is 9.32 Å². The molecule has 1 heterocycles. The molecule has 6 nitrogen and oxygen atoms in total. The van der Waals surface area contributed by atoms with Crippen LogP contribution >= 0.6 is 12.4 Å². The molecule has 0 spiro atoms. The Labute approximate surface area is 116 Å². The van der Waals surface area contributed by atoms with Crippen LogP contribution in [0, 0.1) is 0 Å². The van der Waals surface area contributed by atoms with Crippen molar-refractivity contribution >= 4 is 18.3 Å². The number of hydrogen-bond acceptors (Lipinski definition) is 5. The van der Waals surface area contributed by atoms with E-state index in [0.717, 1.165) is 5.56 Å². The second-order valence-corrected chi connectivity index (χ2v) is 3.69. The smallest absolute Gasteiger partial charge is 0.246 e. The Morgan fingerprint density at radius 2 is 2.05 bits per heavy atom. The molecule has 7 heteroatoms. The topological polar surface area (TPSA) is 94.0 Å². The number of benzene rings is 1. The highest BCUT2D eigenvalue weighted by Gasteiger charge is 2.08. The molecular weight excluding hydrogens is 268 g/mol. The number of carbonyl (C=O) groups is 1. The fraction of sp³-hybridized carbons (Fsp3) is 0.250. The molecule has 2 aromatic rings. The first-order chi connectivity index (χ1) is 8.79. The van der Waals surface area contributed by atoms with Gasteiger partial charge in [0, 0.05) is 18.5 Å². The van der Waals surface area contributed by atoms with Crippen molar-refractivity contribution in [2.75, 3.05) is 6.54 Å². The number of amides is 1. The van der Waals surface area contributed by atoms with Crippen molar-refractivity contribution in [2.24, 2.45) is 5.73 Å². The molecule has 0 bridgehead atoms. The molecule has 0 aliphatic rings. The zero-order valence-corrected chi connectivity index (χ0v) is 11.0. The highest BCUT2D eigenvalue weighted by molar-refractivity contribution is 5.85. The molecule has 0 saturated carbocycles. The quantitative estimate of drug-likeness (QED) is 0.857. The van der Waals surface area contributed by atoms with Crippen molar-refractivity contribution in [3.8, 4) is 11.4 Å². The predicted octanol–water partition coefficient (Wildman–Crippen LogP) is 1.12. The summed E-state index contributed by atoms with van der Waals surface area (Å²) < 4.78 is 5.04. The fourth-order valence-electron chi connectivity index (χ4n) is 1.42. The van der Waals surface area contributed by atoms with Crippen LogP contribution in [0.5, 0.6) is 0 Å². The Morgan fingerprint density at radius 3 is 2.74 bits per heavy atom. The zero-order chi connectivity index (χ0) is 12.8. The van der Waals surface area contributed by atoms with Gasteiger partial charge in [-0.05, 0) is 0 Å². The average molecular weight is 283 g/mol. The molecule has 0 radical (unpaired) electrons. The highest BCUT2D eigenvalue weighted by atomic mass is 35.5. The van der Waals surface area contributed by atoms with E-state index in [4.69, 9.17) is 10.3 Å². The summed E-state index contributed by atoms with van der Waals surface area (Å²) in [6.07, 6.45) is 0.291. The molecule has 0 aliphatic heterocycles. The summed E-state index contributed by atoms with van der Waals surface area (Å²) in [5.74, 6) is 0.759. The Bertz CT molecular complexity index is 515. The predicted molar refractivity (Wildman–Crippen MR) is 72.5 cm³/mol. The summed E-state index contributed by atoms with van der Waals surface area (Å²) in [5.41, 5.74) is 6.14. The van der Waals surface area contributed by atoms with Crippen molar-refractivity contribution in [3.63, 3.8) is 0 Å². The van der Waals surface area contributed by atoms with E-state index < -0.39 is 0 Å². The van der Waals surface area contributed by atoms with Crippen LogP contribution in [-0.2, 0) is 11.3 Å². The number of halogens is 1. The highest BCUT2D eigenvalue weighted by Crippen LogP contribution is 2.14. The van der Waals surface area contributed by atoms with Gasteiger partial charge in [-0.3, -0.25) is 4.79 Å². The maximum absolute atomic E-state index is 11.2. The van der Waals surface area contributed by atoms with Gasteiger partial charge in [-0.1, -0.05) is 35.5 Å². The molecule has 1 aromatic carbocycles. The molecule has 3 N–H and O–H groups in total. The van der Waals surface area contributed by atoms with Crippen LogP contribution in [0.2, 0.25) is 0 Å². The van der Waals surface area contributed by atoms with E-state index in [9.17, 15) is 4.79 Å². The zero-order valence-electron chi connectivity index (χ0n) is 10.2. The Balaban J connectivity index is 0.00000180. The molecule has 0 unspecified atom stereocenters. The Kier molecular flexibility index (Phi) is 5.98. The third-order valence-electron chi connectivity index (χ3n) is 2.31. The summed E-state index contributed by atoms with van der Waals surface area (Å²) >= 11 is 0. The second-order valence-electron chi connectivity index (χ2n) is 3.69. The van der Waals surface area contributed by atoms with Crippen LogP contribution in [0.15, 0.2) is 34.9 Å². The van der Waals surface area contributed by atoms with Crippen LogP contribution in [-0.4, -0.2) is 22.6 Å². The van der Waals surface area contributed by atoms with Gasteiger partial charge < -0.3 is 15.6 Å². The van der Waals surface area contributed by atoms with Crippen molar-refractivity contribution in [3.05, 3.63) is 36.2 Å². The summed E-state index contributed by atoms with van der Waals surface area (Å²) in [6, 6.07) is 9.49. The summed E-state index contributed by atoms with van der Waals surface area (Å²) in [6.45, 7) is 0.545. The van der Waals surface area contributed by atoms with E-state index in [1.807, 2.05) is 30.3 Å². The fourth-order valence-corrected chi connectivity index (χ4v) is 1.42. The first kappa shape index (κ1) is 15.1. The van der Waals surface area contributed by atoms with Crippen molar-refractivity contribution in [1.82, 2.24) is 15.5 Å². The minimum atomic E-state index is -0.128. The second kappa shape index (κ2) is 7.50. The van der Waals surface area contributed by atoms with Gasteiger partial charge in [0.1, 0.15) is 0 Å². The van der Waals surface area contributed by atoms with Crippen LogP contribution in [0.1, 0.15) is 12.3 Å². The number of nitrogens with one attached hydrogen (secondary N) is 1. The molecular formula is C12H15ClN4O2. The largest absolute Gasteiger partial charge is 0.347 e. The van der Waals surface area contributed by atoms with Gasteiger partial charge in [0.25, 0.3) is 0 Å². The molecule has 0 fully saturated rings. The van der Waals surface area contributed by atoms with Gasteiger partial charge in [-0.2, -0.15) is 4.98 Å². The third kappa shape index (κ3) is 4.35. The number of aromatic nitrogens is 2. The van der Waals surface area contributed by atoms with Gasteiger partial charge in [0.05, 0.1) is 6.54 Å². The van der Waals surface area contributed by atoms with Crippen LogP contribution in [0.3, 0.4) is 0 Å². The Hall–Kier alpha value is -1.92. The number of hydrogen-bond donors (Lipinski definition) is 2. The number of rotatable bonds is 5. The lowest BCUT2D eigenvalue weighted by molar-refractivity contribution is -0.121. The average Bonchev–Trinajstić information content (AvgIpc) is 2.87. The Morgan fingerprint density at radius 1 is 1.32 bits per heavy atom. The lowest BCUT2D eigenvalue weighted by atomic mass is 10.2. The van der Waals surface area contributed by atoms with Crippen molar-refractivity contribution in [1.29, 1.82) is 0 Å². The van der Waals surface area contributed by atoms with E-state index >= 15 is 0 Å². The third-order valence-corrected chi connectivity index (χ3v) is 2.31. The lowest BCUT2D eigenvalue weighted by Gasteiger charge is -1.98. The molecule has 0 saturated heterocycles. The van der Waals surface area contributed by atoms with E-state index in [-0.39, 0.29) is 24.9 Å². The maximum Gasteiger partial charge on any atom is 0.246 e. The van der Waals surface area contributed by atoms with Gasteiger partial charge in [0.15, 0.2) is 0 Å². The van der Waals surface area contributed by atoms with Crippen LogP contribution < -0.4 is 11.1 Å². The lowest BCUT2D eigenvalue weighted by Crippen LogP contribution is -2.25. The number of nitrogens with zero attached hydrogens (tertiary/aromatic N) is 2. The number of carbonyl (C=O) groups excluding carboxylic acids is 1. The minimum absolute atomic E-state index is 0. The van der Waals surface area contributed by atoms with Crippen LogP contribution in [0.4, 0.5) is 0 Å².